The fraction of sp³-hybridized carbons (Fsp3) is 0.636. The Morgan fingerprint density at radius 3 is 2.56 bits per heavy atom. The number of carbonyl (C=O) groups is 2. The molecular formula is C22H32N2O2P+. The van der Waals surface area contributed by atoms with Crippen LogP contribution in [0.1, 0.15) is 38.7 Å². The normalized spacial score (nSPS) is 28.4. The van der Waals surface area contributed by atoms with Gasteiger partial charge in [-0.3, -0.25) is 9.59 Å². The van der Waals surface area contributed by atoms with Crippen molar-refractivity contribution in [2.45, 2.75) is 38.5 Å². The number of hydrogen-bond acceptors (Lipinski definition) is 2. The molecule has 1 saturated carbocycles. The molecule has 2 amide bonds. The number of carbonyl (C=O) groups excluding carboxylic acids is 2. The Balaban J connectivity index is 1.40. The number of nitrogens with zero attached hydrogens (tertiary/aromatic N) is 1. The zero-order chi connectivity index (χ0) is 19.2. The van der Waals surface area contributed by atoms with E-state index in [0.717, 1.165) is 19.5 Å². The summed E-state index contributed by atoms with van der Waals surface area (Å²) in [7, 11) is -0.741. The first-order chi connectivity index (χ1) is 12.9. The highest BCUT2D eigenvalue weighted by atomic mass is 31.2. The number of amides is 2. The van der Waals surface area contributed by atoms with Crippen molar-refractivity contribution in [2.75, 3.05) is 38.6 Å². The number of benzene rings is 1. The lowest BCUT2D eigenvalue weighted by atomic mass is 9.95. The molecule has 0 radical (unpaired) electrons. The average molecular weight is 387 g/mol. The molecule has 3 atom stereocenters. The van der Waals surface area contributed by atoms with Crippen LogP contribution in [0.2, 0.25) is 0 Å². The number of fused-ring (bicyclic) bond motifs is 1. The molecule has 3 unspecified atom stereocenters. The minimum atomic E-state index is -0.741. The molecule has 27 heavy (non-hydrogen) atoms. The minimum absolute atomic E-state index is 0.0225. The summed E-state index contributed by atoms with van der Waals surface area (Å²) in [5.41, 5.74) is 1.62. The van der Waals surface area contributed by atoms with Crippen LogP contribution in [0.3, 0.4) is 0 Å². The van der Waals surface area contributed by atoms with E-state index in [1.807, 2.05) is 13.8 Å². The van der Waals surface area contributed by atoms with Gasteiger partial charge in [-0.15, -0.1) is 0 Å². The van der Waals surface area contributed by atoms with E-state index in [1.54, 1.807) is 5.30 Å². The average Bonchev–Trinajstić information content (AvgIpc) is 3.58. The maximum absolute atomic E-state index is 13.0. The van der Waals surface area contributed by atoms with E-state index in [4.69, 9.17) is 0 Å². The van der Waals surface area contributed by atoms with Crippen molar-refractivity contribution in [1.29, 1.82) is 0 Å². The van der Waals surface area contributed by atoms with Crippen LogP contribution in [0.5, 0.6) is 0 Å². The van der Waals surface area contributed by atoms with Gasteiger partial charge in [0.05, 0.1) is 37.5 Å². The molecule has 2 aliphatic heterocycles. The highest BCUT2D eigenvalue weighted by molar-refractivity contribution is 7.88. The van der Waals surface area contributed by atoms with Crippen LogP contribution >= 0.6 is 7.26 Å². The lowest BCUT2D eigenvalue weighted by Crippen LogP contribution is -2.42. The summed E-state index contributed by atoms with van der Waals surface area (Å²) >= 11 is 0. The Labute approximate surface area is 163 Å². The summed E-state index contributed by atoms with van der Waals surface area (Å²) in [5, 5.41) is 4.47. The van der Waals surface area contributed by atoms with Crippen molar-refractivity contribution in [3.05, 3.63) is 29.8 Å². The van der Waals surface area contributed by atoms with E-state index in [-0.39, 0.29) is 23.1 Å². The highest BCUT2D eigenvalue weighted by Gasteiger charge is 2.62. The second-order valence-corrected chi connectivity index (χ2v) is 13.1. The number of rotatable bonds is 7. The van der Waals surface area contributed by atoms with E-state index in [1.165, 1.54) is 24.3 Å². The number of hydrogen-bond donors (Lipinski definition) is 1. The van der Waals surface area contributed by atoms with Crippen molar-refractivity contribution in [1.82, 2.24) is 10.2 Å². The standard InChI is InChI=1S/C22H31N2O2P/c1-4-16(13-23-20(25)5-2)21(26)24-14-18-12-22(18,15-24)17-6-8-19(9-7-17)27(3)10-11-27/h6-9,16,18H,4-5,10-15H2,1-3H3/p+1. The number of likely N-dealkylation sites (tertiary alicyclic amines) is 1. The third-order valence-electron chi connectivity index (χ3n) is 7.13. The van der Waals surface area contributed by atoms with E-state index >= 15 is 0 Å². The summed E-state index contributed by atoms with van der Waals surface area (Å²) in [6.45, 7) is 8.52. The van der Waals surface area contributed by atoms with Gasteiger partial charge in [0.25, 0.3) is 0 Å². The predicted molar refractivity (Wildman–Crippen MR) is 112 cm³/mol. The molecule has 1 aromatic rings. The van der Waals surface area contributed by atoms with E-state index in [9.17, 15) is 9.59 Å². The van der Waals surface area contributed by atoms with Gasteiger partial charge in [-0.05, 0) is 36.5 Å². The van der Waals surface area contributed by atoms with E-state index in [2.05, 4.69) is 41.1 Å². The Kier molecular flexibility index (Phi) is 4.83. The molecule has 3 fully saturated rings. The molecule has 2 heterocycles. The van der Waals surface area contributed by atoms with Crippen LogP contribution in [-0.4, -0.2) is 55.3 Å². The van der Waals surface area contributed by atoms with E-state index < -0.39 is 7.26 Å². The molecule has 3 aliphatic rings. The largest absolute Gasteiger partial charge is 0.355 e. The lowest BCUT2D eigenvalue weighted by molar-refractivity contribution is -0.135. The van der Waals surface area contributed by atoms with Crippen LogP contribution < -0.4 is 10.6 Å². The predicted octanol–water partition coefficient (Wildman–Crippen LogP) is 2.63. The molecule has 2 saturated heterocycles. The van der Waals surface area contributed by atoms with Crippen molar-refractivity contribution in [3.8, 4) is 0 Å². The second-order valence-electron chi connectivity index (χ2n) is 8.93. The van der Waals surface area contributed by atoms with Crippen LogP contribution in [-0.2, 0) is 15.0 Å². The van der Waals surface area contributed by atoms with Gasteiger partial charge in [0, 0.05) is 31.5 Å². The molecule has 0 aromatic heterocycles. The Morgan fingerprint density at radius 2 is 1.96 bits per heavy atom. The first-order valence-corrected chi connectivity index (χ1v) is 13.0. The molecule has 5 heteroatoms. The number of nitrogens with one attached hydrogen (secondary N) is 1. The van der Waals surface area contributed by atoms with Crippen LogP contribution in [0.15, 0.2) is 24.3 Å². The Morgan fingerprint density at radius 1 is 1.26 bits per heavy atom. The second kappa shape index (κ2) is 6.88. The molecule has 146 valence electrons. The lowest BCUT2D eigenvalue weighted by Gasteiger charge is -2.26. The molecule has 4 nitrogen and oxygen atoms in total. The van der Waals surface area contributed by atoms with Gasteiger partial charge >= 0.3 is 0 Å². The Bertz CT molecular complexity index is 743. The van der Waals surface area contributed by atoms with Crippen molar-refractivity contribution >= 4 is 24.4 Å². The number of piperidine rings is 1. The van der Waals surface area contributed by atoms with Crippen LogP contribution in [0.4, 0.5) is 0 Å². The molecule has 4 rings (SSSR count). The van der Waals surface area contributed by atoms with Gasteiger partial charge in [0.2, 0.25) is 11.8 Å². The fourth-order valence-corrected chi connectivity index (χ4v) is 7.27. The van der Waals surface area contributed by atoms with Crippen molar-refractivity contribution in [2.24, 2.45) is 11.8 Å². The summed E-state index contributed by atoms with van der Waals surface area (Å²) in [6.07, 6.45) is 5.28. The third kappa shape index (κ3) is 3.42. The summed E-state index contributed by atoms with van der Waals surface area (Å²) in [4.78, 5) is 26.6. The molecule has 1 aliphatic carbocycles. The van der Waals surface area contributed by atoms with Gasteiger partial charge in [-0.2, -0.15) is 0 Å². The zero-order valence-electron chi connectivity index (χ0n) is 16.8. The summed E-state index contributed by atoms with van der Waals surface area (Å²) in [6, 6.07) is 9.40. The summed E-state index contributed by atoms with van der Waals surface area (Å²) in [5.74, 6) is 0.751. The van der Waals surface area contributed by atoms with Gasteiger partial charge < -0.3 is 10.2 Å². The monoisotopic (exact) mass is 387 g/mol. The van der Waals surface area contributed by atoms with Gasteiger partial charge in [-0.25, -0.2) is 0 Å². The minimum Gasteiger partial charge on any atom is -0.355 e. The maximum atomic E-state index is 13.0. The van der Waals surface area contributed by atoms with Crippen molar-refractivity contribution in [3.63, 3.8) is 0 Å². The third-order valence-corrected chi connectivity index (χ3v) is 10.5. The SMILES string of the molecule is CCC(=O)NCC(CC)C(=O)N1CC2CC2(c2ccc([P+]3(C)CC3)cc2)C1. The maximum Gasteiger partial charge on any atom is 0.227 e. The first kappa shape index (κ1) is 18.9. The zero-order valence-corrected chi connectivity index (χ0v) is 17.7. The fourth-order valence-electron chi connectivity index (χ4n) is 4.69. The molecule has 1 aromatic carbocycles. The van der Waals surface area contributed by atoms with Crippen molar-refractivity contribution < 1.29 is 9.59 Å². The molecule has 0 bridgehead atoms. The van der Waals surface area contributed by atoms with Gasteiger partial charge in [0.1, 0.15) is 0 Å². The Hall–Kier alpha value is -1.41. The quantitative estimate of drug-likeness (QED) is 0.732. The summed E-state index contributed by atoms with van der Waals surface area (Å²) < 4.78 is 0. The van der Waals surface area contributed by atoms with Crippen LogP contribution in [0.25, 0.3) is 0 Å². The molecule has 0 spiro atoms. The van der Waals surface area contributed by atoms with Gasteiger partial charge in [-0.1, -0.05) is 26.0 Å². The van der Waals surface area contributed by atoms with Gasteiger partial charge in [0.15, 0.2) is 0 Å². The molecule has 1 N–H and O–H groups in total. The smallest absolute Gasteiger partial charge is 0.227 e. The molecular weight excluding hydrogens is 355 g/mol. The van der Waals surface area contributed by atoms with Crippen LogP contribution in [0, 0.1) is 11.8 Å². The first-order valence-electron chi connectivity index (χ1n) is 10.4. The highest BCUT2D eigenvalue weighted by Crippen LogP contribution is 2.67. The van der Waals surface area contributed by atoms with E-state index in [0.29, 0.717) is 18.9 Å². The topological polar surface area (TPSA) is 49.4 Å².